The second-order valence-electron chi connectivity index (χ2n) is 6.98. The van der Waals surface area contributed by atoms with Gasteiger partial charge in [-0.2, -0.15) is 0 Å². The monoisotopic (exact) mass is 417 g/mol. The van der Waals surface area contributed by atoms with Crippen molar-refractivity contribution in [2.45, 2.75) is 12.8 Å². The van der Waals surface area contributed by atoms with Gasteiger partial charge in [0.25, 0.3) is 5.91 Å². The van der Waals surface area contributed by atoms with Crippen LogP contribution >= 0.6 is 0 Å². The van der Waals surface area contributed by atoms with Gasteiger partial charge in [0, 0.05) is 30.1 Å². The largest absolute Gasteiger partial charge is 0.381 e. The van der Waals surface area contributed by atoms with Crippen LogP contribution in [0.1, 0.15) is 22.3 Å². The summed E-state index contributed by atoms with van der Waals surface area (Å²) < 4.78 is 5.62. The van der Waals surface area contributed by atoms with Gasteiger partial charge < -0.3 is 20.7 Å². The molecule has 0 saturated heterocycles. The average Bonchev–Trinajstić information content (AvgIpc) is 2.80. The minimum atomic E-state index is -0.337. The first-order valence-electron chi connectivity index (χ1n) is 10.3. The Morgan fingerprint density at radius 2 is 1.32 bits per heavy atom. The van der Waals surface area contributed by atoms with Gasteiger partial charge in [0.15, 0.2) is 0 Å². The third-order valence-corrected chi connectivity index (χ3v) is 4.57. The van der Waals surface area contributed by atoms with Crippen molar-refractivity contribution in [1.29, 1.82) is 0 Å². The summed E-state index contributed by atoms with van der Waals surface area (Å²) >= 11 is 0. The van der Waals surface area contributed by atoms with Crippen molar-refractivity contribution in [2.24, 2.45) is 0 Å². The fraction of sp³-hybridized carbons (Fsp3) is 0.200. The molecule has 3 aromatic carbocycles. The summed E-state index contributed by atoms with van der Waals surface area (Å²) in [6, 6.07) is 25.8. The molecule has 6 nitrogen and oxygen atoms in total. The summed E-state index contributed by atoms with van der Waals surface area (Å²) in [4.78, 5) is 24.3. The van der Waals surface area contributed by atoms with Gasteiger partial charge >= 0.3 is 6.03 Å². The van der Waals surface area contributed by atoms with Gasteiger partial charge in [0.05, 0.1) is 6.61 Å². The smallest absolute Gasteiger partial charge is 0.323 e. The van der Waals surface area contributed by atoms with E-state index in [9.17, 15) is 9.59 Å². The number of rotatable bonds is 10. The molecule has 31 heavy (non-hydrogen) atoms. The van der Waals surface area contributed by atoms with Gasteiger partial charge in [-0.25, -0.2) is 4.79 Å². The second kappa shape index (κ2) is 12.1. The predicted octanol–water partition coefficient (Wildman–Crippen LogP) is 4.71. The molecule has 0 bridgehead atoms. The van der Waals surface area contributed by atoms with E-state index in [1.165, 1.54) is 5.56 Å². The van der Waals surface area contributed by atoms with E-state index in [2.05, 4.69) is 28.1 Å². The van der Waals surface area contributed by atoms with E-state index in [1.807, 2.05) is 36.4 Å². The van der Waals surface area contributed by atoms with E-state index in [-0.39, 0.29) is 11.9 Å². The highest BCUT2D eigenvalue weighted by Crippen LogP contribution is 2.11. The Morgan fingerprint density at radius 1 is 0.710 bits per heavy atom. The summed E-state index contributed by atoms with van der Waals surface area (Å²) in [5.41, 5.74) is 3.11. The number of carbonyl (C=O) groups is 2. The molecule has 0 unspecified atom stereocenters. The fourth-order valence-electron chi connectivity index (χ4n) is 2.93. The second-order valence-corrected chi connectivity index (χ2v) is 6.98. The van der Waals surface area contributed by atoms with E-state index in [0.717, 1.165) is 12.8 Å². The molecule has 0 aliphatic heterocycles. The van der Waals surface area contributed by atoms with Gasteiger partial charge in [-0.15, -0.1) is 0 Å². The number of hydrogen-bond acceptors (Lipinski definition) is 3. The first-order chi connectivity index (χ1) is 15.2. The molecule has 0 saturated carbocycles. The van der Waals surface area contributed by atoms with Gasteiger partial charge in [-0.05, 0) is 54.8 Å². The molecule has 0 spiro atoms. The van der Waals surface area contributed by atoms with Crippen molar-refractivity contribution in [3.8, 4) is 0 Å². The zero-order chi connectivity index (χ0) is 21.7. The molecular formula is C25H27N3O3. The molecule has 0 aliphatic rings. The third-order valence-electron chi connectivity index (χ3n) is 4.57. The molecule has 0 heterocycles. The highest BCUT2D eigenvalue weighted by Gasteiger charge is 2.06. The number of anilines is 2. The maximum atomic E-state index is 12.2. The average molecular weight is 418 g/mol. The van der Waals surface area contributed by atoms with Crippen molar-refractivity contribution in [2.75, 3.05) is 30.4 Å². The van der Waals surface area contributed by atoms with Gasteiger partial charge in [-0.1, -0.05) is 48.5 Å². The lowest BCUT2D eigenvalue weighted by molar-refractivity contribution is 0.0942. The van der Waals surface area contributed by atoms with E-state index in [1.54, 1.807) is 36.4 Å². The van der Waals surface area contributed by atoms with E-state index in [0.29, 0.717) is 36.7 Å². The molecule has 160 valence electrons. The SMILES string of the molecule is O=C(Nc1ccccc1)Nc1ccc(C(=O)NCCCOCCc2ccccc2)cc1. The van der Waals surface area contributed by atoms with Crippen LogP contribution in [0.2, 0.25) is 0 Å². The number of nitrogens with one attached hydrogen (secondary N) is 3. The standard InChI is InChI=1S/C25H27N3O3/c29-24(26-17-7-18-31-19-16-20-8-3-1-4-9-20)21-12-14-23(15-13-21)28-25(30)27-22-10-5-2-6-11-22/h1-6,8-15H,7,16-19H2,(H,26,29)(H2,27,28,30). The quantitative estimate of drug-likeness (QED) is 0.418. The van der Waals surface area contributed by atoms with E-state index in [4.69, 9.17) is 4.74 Å². The molecule has 0 atom stereocenters. The van der Waals surface area contributed by atoms with Crippen LogP contribution in [0.15, 0.2) is 84.9 Å². The Balaban J connectivity index is 1.31. The van der Waals surface area contributed by atoms with E-state index < -0.39 is 0 Å². The number of carbonyl (C=O) groups excluding carboxylic acids is 2. The van der Waals surface area contributed by atoms with Gasteiger partial charge in [0.1, 0.15) is 0 Å². The van der Waals surface area contributed by atoms with Crippen LogP contribution in [-0.2, 0) is 11.2 Å². The lowest BCUT2D eigenvalue weighted by Crippen LogP contribution is -2.25. The van der Waals surface area contributed by atoms with Crippen molar-refractivity contribution >= 4 is 23.3 Å². The molecule has 6 heteroatoms. The minimum absolute atomic E-state index is 0.149. The number of para-hydroxylation sites is 1. The zero-order valence-corrected chi connectivity index (χ0v) is 17.3. The summed E-state index contributed by atoms with van der Waals surface area (Å²) in [5.74, 6) is -0.149. The number of urea groups is 1. The normalized spacial score (nSPS) is 10.3. The molecule has 3 rings (SSSR count). The van der Waals surface area contributed by atoms with Gasteiger partial charge in [-0.3, -0.25) is 4.79 Å². The molecule has 0 radical (unpaired) electrons. The van der Waals surface area contributed by atoms with Crippen molar-refractivity contribution < 1.29 is 14.3 Å². The topological polar surface area (TPSA) is 79.5 Å². The minimum Gasteiger partial charge on any atom is -0.381 e. The maximum absolute atomic E-state index is 12.2. The number of ether oxygens (including phenoxy) is 1. The van der Waals surface area contributed by atoms with Crippen LogP contribution in [0, 0.1) is 0 Å². The molecule has 3 N–H and O–H groups in total. The molecular weight excluding hydrogens is 390 g/mol. The maximum Gasteiger partial charge on any atom is 0.323 e. The van der Waals surface area contributed by atoms with Crippen molar-refractivity contribution in [3.63, 3.8) is 0 Å². The molecule has 0 fully saturated rings. The lowest BCUT2D eigenvalue weighted by atomic mass is 10.2. The summed E-state index contributed by atoms with van der Waals surface area (Å²) in [5, 5.41) is 8.37. The first kappa shape index (κ1) is 22.1. The van der Waals surface area contributed by atoms with Crippen LogP contribution in [0.3, 0.4) is 0 Å². The molecule has 0 aromatic heterocycles. The number of amides is 3. The third kappa shape index (κ3) is 7.95. The highest BCUT2D eigenvalue weighted by atomic mass is 16.5. The van der Waals surface area contributed by atoms with Crippen LogP contribution in [-0.4, -0.2) is 31.7 Å². The lowest BCUT2D eigenvalue weighted by Gasteiger charge is -2.09. The van der Waals surface area contributed by atoms with Crippen molar-refractivity contribution in [3.05, 3.63) is 96.1 Å². The number of benzene rings is 3. The molecule has 0 aliphatic carbocycles. The zero-order valence-electron chi connectivity index (χ0n) is 17.3. The predicted molar refractivity (Wildman–Crippen MR) is 123 cm³/mol. The summed E-state index contributed by atoms with van der Waals surface area (Å²) in [6.07, 6.45) is 1.64. The first-order valence-corrected chi connectivity index (χ1v) is 10.3. The van der Waals surface area contributed by atoms with Crippen molar-refractivity contribution in [1.82, 2.24) is 5.32 Å². The van der Waals surface area contributed by atoms with E-state index >= 15 is 0 Å². The van der Waals surface area contributed by atoms with Crippen LogP contribution in [0.4, 0.5) is 16.2 Å². The highest BCUT2D eigenvalue weighted by molar-refractivity contribution is 6.00. The Hall–Kier alpha value is -3.64. The Morgan fingerprint density at radius 3 is 2.00 bits per heavy atom. The number of hydrogen-bond donors (Lipinski definition) is 3. The summed E-state index contributed by atoms with van der Waals surface area (Å²) in [6.45, 7) is 1.82. The summed E-state index contributed by atoms with van der Waals surface area (Å²) in [7, 11) is 0. The molecule has 3 aromatic rings. The van der Waals surface area contributed by atoms with Crippen LogP contribution in [0.5, 0.6) is 0 Å². The Kier molecular flexibility index (Phi) is 8.64. The molecule has 3 amide bonds. The fourth-order valence-corrected chi connectivity index (χ4v) is 2.93. The van der Waals surface area contributed by atoms with Gasteiger partial charge in [0.2, 0.25) is 0 Å². The van der Waals surface area contributed by atoms with Crippen LogP contribution < -0.4 is 16.0 Å². The Bertz CT molecular complexity index is 945. The van der Waals surface area contributed by atoms with Crippen LogP contribution in [0.25, 0.3) is 0 Å². The Labute approximate surface area is 182 Å².